The zero-order valence-electron chi connectivity index (χ0n) is 25.0. The van der Waals surface area contributed by atoms with Crippen LogP contribution in [0, 0.1) is 0 Å². The van der Waals surface area contributed by atoms with Gasteiger partial charge in [0.1, 0.15) is 5.52 Å². The standard InChI is InChI=1S/C32H34N8O4/c1-19(33)27(20(2)41)23-17-26-28(34-18-23)30(40-13-15-44-16-14-40)38-29(37-26)21-5-9-24(10-6-21)35-32(43)36-25-11-7-22(8-12-25)31(42)39(3)4/h5-12,17-18H,13-16,33H2,1-4H3,(H2,35,36,43). The number of ether oxygens (including phenoxy) is 1. The molecule has 0 aliphatic carbocycles. The van der Waals surface area contributed by atoms with Crippen molar-refractivity contribution in [2.24, 2.45) is 5.73 Å². The van der Waals surface area contributed by atoms with E-state index in [1.54, 1.807) is 63.6 Å². The maximum absolute atomic E-state index is 12.6. The van der Waals surface area contributed by atoms with Crippen molar-refractivity contribution in [3.05, 3.63) is 77.6 Å². The molecule has 1 aliphatic heterocycles. The fourth-order valence-corrected chi connectivity index (χ4v) is 4.92. The molecule has 2 aromatic heterocycles. The van der Waals surface area contributed by atoms with Crippen LogP contribution in [0.3, 0.4) is 0 Å². The fourth-order valence-electron chi connectivity index (χ4n) is 4.92. The number of benzene rings is 2. The summed E-state index contributed by atoms with van der Waals surface area (Å²) in [6.45, 7) is 5.61. The van der Waals surface area contributed by atoms with Gasteiger partial charge in [-0.05, 0) is 68.4 Å². The van der Waals surface area contributed by atoms with Crippen LogP contribution in [0.5, 0.6) is 0 Å². The molecule has 0 atom stereocenters. The Morgan fingerprint density at radius 1 is 0.886 bits per heavy atom. The van der Waals surface area contributed by atoms with Gasteiger partial charge in [0.2, 0.25) is 0 Å². The number of hydrogen-bond acceptors (Lipinski definition) is 9. The molecule has 44 heavy (non-hydrogen) atoms. The first-order valence-corrected chi connectivity index (χ1v) is 14.1. The van der Waals surface area contributed by atoms with Gasteiger partial charge in [0.15, 0.2) is 17.4 Å². The van der Waals surface area contributed by atoms with Crippen molar-refractivity contribution >= 4 is 51.5 Å². The van der Waals surface area contributed by atoms with Gasteiger partial charge in [-0.3, -0.25) is 14.6 Å². The number of Topliss-reactive ketones (excluding diaryl/α,β-unsaturated/α-hetero) is 1. The van der Waals surface area contributed by atoms with Crippen LogP contribution in [-0.4, -0.2) is 78.0 Å². The number of nitrogens with zero attached hydrogens (tertiary/aromatic N) is 5. The van der Waals surface area contributed by atoms with Crippen molar-refractivity contribution in [1.29, 1.82) is 0 Å². The van der Waals surface area contributed by atoms with Crippen LogP contribution >= 0.6 is 0 Å². The van der Waals surface area contributed by atoms with Crippen LogP contribution < -0.4 is 21.3 Å². The molecule has 0 unspecified atom stereocenters. The molecule has 4 aromatic rings. The molecule has 0 saturated carbocycles. The van der Waals surface area contributed by atoms with Crippen LogP contribution in [-0.2, 0) is 9.53 Å². The van der Waals surface area contributed by atoms with Crippen LogP contribution in [0.4, 0.5) is 22.0 Å². The van der Waals surface area contributed by atoms with Gasteiger partial charge < -0.3 is 30.9 Å². The van der Waals surface area contributed by atoms with E-state index < -0.39 is 6.03 Å². The number of carbonyl (C=O) groups is 3. The molecule has 0 bridgehead atoms. The number of ketones is 1. The first kappa shape index (κ1) is 30.1. The molecular formula is C32H34N8O4. The summed E-state index contributed by atoms with van der Waals surface area (Å²) >= 11 is 0. The number of anilines is 3. The lowest BCUT2D eigenvalue weighted by molar-refractivity contribution is -0.111. The first-order valence-electron chi connectivity index (χ1n) is 14.1. The number of allylic oxidation sites excluding steroid dienone is 2. The minimum absolute atomic E-state index is 0.117. The number of urea groups is 1. The maximum Gasteiger partial charge on any atom is 0.323 e. The second-order valence-electron chi connectivity index (χ2n) is 10.6. The van der Waals surface area contributed by atoms with Crippen molar-refractivity contribution in [3.63, 3.8) is 0 Å². The molecule has 12 heteroatoms. The highest BCUT2D eigenvalue weighted by atomic mass is 16.5. The predicted molar refractivity (Wildman–Crippen MR) is 170 cm³/mol. The molecule has 2 aromatic carbocycles. The predicted octanol–water partition coefficient (Wildman–Crippen LogP) is 4.15. The average molecular weight is 595 g/mol. The Bertz CT molecular complexity index is 1740. The van der Waals surface area contributed by atoms with Gasteiger partial charge in [-0.1, -0.05) is 0 Å². The van der Waals surface area contributed by atoms with Gasteiger partial charge in [-0.2, -0.15) is 0 Å². The van der Waals surface area contributed by atoms with E-state index in [9.17, 15) is 14.4 Å². The van der Waals surface area contributed by atoms with Crippen molar-refractivity contribution in [1.82, 2.24) is 19.9 Å². The minimum atomic E-state index is -0.427. The highest BCUT2D eigenvalue weighted by Crippen LogP contribution is 2.30. The number of morpholine rings is 1. The Hall–Kier alpha value is -5.36. The zero-order chi connectivity index (χ0) is 31.4. The van der Waals surface area contributed by atoms with E-state index in [0.29, 0.717) is 82.8 Å². The number of fused-ring (bicyclic) bond motifs is 1. The molecule has 3 amide bonds. The topological polar surface area (TPSA) is 156 Å². The first-order chi connectivity index (χ1) is 21.1. The average Bonchev–Trinajstić information content (AvgIpc) is 3.01. The summed E-state index contributed by atoms with van der Waals surface area (Å²) in [4.78, 5) is 55.0. The summed E-state index contributed by atoms with van der Waals surface area (Å²) in [5.74, 6) is 0.877. The smallest absolute Gasteiger partial charge is 0.323 e. The number of carbonyl (C=O) groups excluding carboxylic acids is 3. The number of aromatic nitrogens is 3. The highest BCUT2D eigenvalue weighted by molar-refractivity contribution is 6.20. The van der Waals surface area contributed by atoms with Gasteiger partial charge in [0.25, 0.3) is 5.91 Å². The molecule has 4 N–H and O–H groups in total. The van der Waals surface area contributed by atoms with Gasteiger partial charge in [0.05, 0.1) is 18.7 Å². The minimum Gasteiger partial charge on any atom is -0.402 e. The van der Waals surface area contributed by atoms with Crippen LogP contribution in [0.2, 0.25) is 0 Å². The largest absolute Gasteiger partial charge is 0.402 e. The second-order valence-corrected chi connectivity index (χ2v) is 10.6. The molecule has 5 rings (SSSR count). The number of nitrogens with two attached hydrogens (primary N) is 1. The molecule has 1 aliphatic rings. The monoisotopic (exact) mass is 594 g/mol. The molecular weight excluding hydrogens is 560 g/mol. The van der Waals surface area contributed by atoms with Crippen molar-refractivity contribution in [2.45, 2.75) is 13.8 Å². The molecule has 1 fully saturated rings. The SMILES string of the molecule is CC(=O)C(=C(C)N)c1cnc2c(N3CCOCC3)nc(-c3ccc(NC(=O)Nc4ccc(C(=O)N(C)C)cc4)cc3)nc2c1. The molecule has 3 heterocycles. The Balaban J connectivity index is 1.40. The van der Waals surface area contributed by atoms with E-state index >= 15 is 0 Å². The van der Waals surface area contributed by atoms with Crippen LogP contribution in [0.25, 0.3) is 28.0 Å². The van der Waals surface area contributed by atoms with E-state index in [2.05, 4.69) is 20.5 Å². The zero-order valence-corrected chi connectivity index (χ0v) is 25.0. The molecule has 0 spiro atoms. The normalized spacial score (nSPS) is 13.7. The van der Waals surface area contributed by atoms with Crippen molar-refractivity contribution in [2.75, 3.05) is 55.9 Å². The fraction of sp³-hybridized carbons (Fsp3) is 0.250. The summed E-state index contributed by atoms with van der Waals surface area (Å²) in [6, 6.07) is 15.2. The summed E-state index contributed by atoms with van der Waals surface area (Å²) in [6.07, 6.45) is 1.63. The maximum atomic E-state index is 12.6. The molecule has 0 radical (unpaired) electrons. The van der Waals surface area contributed by atoms with Crippen molar-refractivity contribution < 1.29 is 19.1 Å². The van der Waals surface area contributed by atoms with Crippen molar-refractivity contribution in [3.8, 4) is 11.4 Å². The third-order valence-corrected chi connectivity index (χ3v) is 7.06. The van der Waals surface area contributed by atoms with E-state index in [4.69, 9.17) is 20.4 Å². The van der Waals surface area contributed by atoms with Crippen LogP contribution in [0.1, 0.15) is 29.8 Å². The molecule has 1 saturated heterocycles. The Kier molecular flexibility index (Phi) is 8.81. The summed E-state index contributed by atoms with van der Waals surface area (Å²) in [5, 5.41) is 5.58. The van der Waals surface area contributed by atoms with Gasteiger partial charge in [-0.15, -0.1) is 0 Å². The third-order valence-electron chi connectivity index (χ3n) is 7.06. The van der Waals surface area contributed by atoms with E-state index in [-0.39, 0.29) is 11.7 Å². The summed E-state index contributed by atoms with van der Waals surface area (Å²) in [7, 11) is 3.37. The Morgan fingerprint density at radius 3 is 2.07 bits per heavy atom. The Labute approximate surface area is 254 Å². The number of amides is 3. The third kappa shape index (κ3) is 6.65. The number of nitrogens with one attached hydrogen (secondary N) is 2. The summed E-state index contributed by atoms with van der Waals surface area (Å²) < 4.78 is 5.54. The van der Waals surface area contributed by atoms with Gasteiger partial charge >= 0.3 is 6.03 Å². The molecule has 226 valence electrons. The Morgan fingerprint density at radius 2 is 1.50 bits per heavy atom. The second kappa shape index (κ2) is 12.9. The number of hydrogen-bond donors (Lipinski definition) is 3. The number of rotatable bonds is 7. The van der Waals surface area contributed by atoms with E-state index in [1.165, 1.54) is 11.8 Å². The lowest BCUT2D eigenvalue weighted by atomic mass is 10.0. The van der Waals surface area contributed by atoms with Gasteiger partial charge in [-0.25, -0.2) is 14.8 Å². The van der Waals surface area contributed by atoms with E-state index in [0.717, 1.165) is 5.56 Å². The van der Waals surface area contributed by atoms with Gasteiger partial charge in [0, 0.05) is 72.7 Å². The van der Waals surface area contributed by atoms with E-state index in [1.807, 2.05) is 18.2 Å². The lowest BCUT2D eigenvalue weighted by Crippen LogP contribution is -2.37. The molecule has 12 nitrogen and oxygen atoms in total. The summed E-state index contributed by atoms with van der Waals surface area (Å²) in [5.41, 5.74) is 11.0. The lowest BCUT2D eigenvalue weighted by Gasteiger charge is -2.28. The van der Waals surface area contributed by atoms with Crippen LogP contribution in [0.15, 0.2) is 66.5 Å². The number of pyridine rings is 1. The highest BCUT2D eigenvalue weighted by Gasteiger charge is 2.21. The quantitative estimate of drug-likeness (QED) is 0.268.